The van der Waals surface area contributed by atoms with E-state index in [1.54, 1.807) is 43.3 Å². The van der Waals surface area contributed by atoms with Crippen LogP contribution < -0.4 is 5.32 Å². The van der Waals surface area contributed by atoms with Crippen LogP contribution in [-0.4, -0.2) is 39.7 Å². The second kappa shape index (κ2) is 4.87. The highest BCUT2D eigenvalue weighted by molar-refractivity contribution is 5.92. The number of amides is 1. The average Bonchev–Trinajstić information content (AvgIpc) is 2.74. The van der Waals surface area contributed by atoms with Crippen LogP contribution >= 0.6 is 0 Å². The molecule has 0 atom stereocenters. The molecule has 94 valence electrons. The predicted molar refractivity (Wildman–Crippen MR) is 68.7 cm³/mol. The van der Waals surface area contributed by atoms with E-state index in [-0.39, 0.29) is 5.91 Å². The van der Waals surface area contributed by atoms with Gasteiger partial charge in [-0.25, -0.2) is 0 Å². The Bertz CT molecular complexity index is 561. The maximum absolute atomic E-state index is 11.8. The fraction of sp³-hybridized carbons (Fsp3) is 0.250. The molecule has 2 aromatic rings. The molecule has 2 rings (SSSR count). The molecule has 2 aromatic heterocycles. The number of nitrogens with zero attached hydrogens (tertiary/aromatic N) is 4. The van der Waals surface area contributed by atoms with Crippen LogP contribution in [0.5, 0.6) is 0 Å². The van der Waals surface area contributed by atoms with Crippen molar-refractivity contribution in [3.8, 4) is 0 Å². The molecule has 1 amide bonds. The van der Waals surface area contributed by atoms with Gasteiger partial charge in [-0.2, -0.15) is 5.10 Å². The SMILES string of the molecule is CN(C)C(=O)c1cc(Nc2cnn(C)c2)ccn1. The van der Waals surface area contributed by atoms with Gasteiger partial charge in [-0.15, -0.1) is 0 Å². The first-order valence-electron chi connectivity index (χ1n) is 5.49. The van der Waals surface area contributed by atoms with Gasteiger partial charge < -0.3 is 10.2 Å². The summed E-state index contributed by atoms with van der Waals surface area (Å²) in [4.78, 5) is 17.3. The quantitative estimate of drug-likeness (QED) is 0.884. The lowest BCUT2D eigenvalue weighted by Gasteiger charge is -2.10. The fourth-order valence-electron chi connectivity index (χ4n) is 1.51. The maximum Gasteiger partial charge on any atom is 0.272 e. The summed E-state index contributed by atoms with van der Waals surface area (Å²) >= 11 is 0. The number of aromatic nitrogens is 3. The van der Waals surface area contributed by atoms with E-state index in [2.05, 4.69) is 15.4 Å². The third-order valence-corrected chi connectivity index (χ3v) is 2.38. The van der Waals surface area contributed by atoms with Gasteiger partial charge in [0.2, 0.25) is 0 Å². The van der Waals surface area contributed by atoms with Crippen LogP contribution in [0.15, 0.2) is 30.7 Å². The standard InChI is InChI=1S/C12H15N5O/c1-16(2)12(18)11-6-9(4-5-13-11)15-10-7-14-17(3)8-10/h4-8H,1-3H3,(H,13,15). The second-order valence-corrected chi connectivity index (χ2v) is 4.16. The fourth-order valence-corrected chi connectivity index (χ4v) is 1.51. The summed E-state index contributed by atoms with van der Waals surface area (Å²) in [5.41, 5.74) is 2.09. The maximum atomic E-state index is 11.8. The van der Waals surface area contributed by atoms with Gasteiger partial charge in [0.25, 0.3) is 5.91 Å². The van der Waals surface area contributed by atoms with Gasteiger partial charge >= 0.3 is 0 Å². The van der Waals surface area contributed by atoms with Crippen LogP contribution in [0.3, 0.4) is 0 Å². The molecule has 0 spiro atoms. The van der Waals surface area contributed by atoms with E-state index >= 15 is 0 Å². The Morgan fingerprint density at radius 2 is 2.17 bits per heavy atom. The highest BCUT2D eigenvalue weighted by Crippen LogP contribution is 2.16. The van der Waals surface area contributed by atoms with Gasteiger partial charge in [-0.05, 0) is 12.1 Å². The molecular weight excluding hydrogens is 230 g/mol. The molecule has 0 bridgehead atoms. The lowest BCUT2D eigenvalue weighted by atomic mass is 10.3. The van der Waals surface area contributed by atoms with Crippen LogP contribution in [0.4, 0.5) is 11.4 Å². The minimum atomic E-state index is -0.121. The Labute approximate surface area is 105 Å². The van der Waals surface area contributed by atoms with Crippen molar-refractivity contribution in [1.29, 1.82) is 0 Å². The lowest BCUT2D eigenvalue weighted by Crippen LogP contribution is -2.22. The number of rotatable bonds is 3. The number of carbonyl (C=O) groups excluding carboxylic acids is 1. The molecule has 18 heavy (non-hydrogen) atoms. The van der Waals surface area contributed by atoms with E-state index in [4.69, 9.17) is 0 Å². The molecule has 0 fully saturated rings. The van der Waals surface area contributed by atoms with Crippen molar-refractivity contribution in [2.45, 2.75) is 0 Å². The molecule has 0 aliphatic rings. The molecule has 1 N–H and O–H groups in total. The molecule has 0 radical (unpaired) electrons. The number of anilines is 2. The first kappa shape index (κ1) is 12.1. The van der Waals surface area contributed by atoms with Gasteiger partial charge in [0.15, 0.2) is 0 Å². The Morgan fingerprint density at radius 3 is 2.78 bits per heavy atom. The van der Waals surface area contributed by atoms with E-state index in [0.717, 1.165) is 11.4 Å². The Hall–Kier alpha value is -2.37. The van der Waals surface area contributed by atoms with Gasteiger partial charge in [0.05, 0.1) is 11.9 Å². The zero-order valence-corrected chi connectivity index (χ0v) is 10.6. The molecule has 6 heteroatoms. The van der Waals surface area contributed by atoms with Crippen molar-refractivity contribution >= 4 is 17.3 Å². The highest BCUT2D eigenvalue weighted by Gasteiger charge is 2.10. The number of pyridine rings is 1. The van der Waals surface area contributed by atoms with Crippen LogP contribution in [0.2, 0.25) is 0 Å². The zero-order valence-electron chi connectivity index (χ0n) is 10.6. The number of nitrogens with one attached hydrogen (secondary N) is 1. The van der Waals surface area contributed by atoms with Crippen LogP contribution in [0.1, 0.15) is 10.5 Å². The molecule has 0 unspecified atom stereocenters. The summed E-state index contributed by atoms with van der Waals surface area (Å²) in [5.74, 6) is -0.121. The molecule has 6 nitrogen and oxygen atoms in total. The van der Waals surface area contributed by atoms with Crippen molar-refractivity contribution in [3.63, 3.8) is 0 Å². The second-order valence-electron chi connectivity index (χ2n) is 4.16. The van der Waals surface area contributed by atoms with Crippen molar-refractivity contribution in [1.82, 2.24) is 19.7 Å². The third kappa shape index (κ3) is 2.65. The van der Waals surface area contributed by atoms with E-state index in [1.165, 1.54) is 4.90 Å². The first-order chi connectivity index (χ1) is 8.56. The molecule has 0 saturated heterocycles. The topological polar surface area (TPSA) is 63.1 Å². The van der Waals surface area contributed by atoms with E-state index in [9.17, 15) is 4.79 Å². The van der Waals surface area contributed by atoms with Gasteiger partial charge in [-0.1, -0.05) is 0 Å². The first-order valence-corrected chi connectivity index (χ1v) is 5.49. The highest BCUT2D eigenvalue weighted by atomic mass is 16.2. The summed E-state index contributed by atoms with van der Waals surface area (Å²) < 4.78 is 1.70. The minimum Gasteiger partial charge on any atom is -0.353 e. The number of carbonyl (C=O) groups is 1. The molecular formula is C12H15N5O. The Morgan fingerprint density at radius 1 is 1.39 bits per heavy atom. The van der Waals surface area contributed by atoms with Crippen molar-refractivity contribution in [3.05, 3.63) is 36.4 Å². The normalized spacial score (nSPS) is 10.2. The third-order valence-electron chi connectivity index (χ3n) is 2.38. The van der Waals surface area contributed by atoms with Gasteiger partial charge in [0, 0.05) is 39.2 Å². The van der Waals surface area contributed by atoms with E-state index in [1.807, 2.05) is 13.2 Å². The van der Waals surface area contributed by atoms with Crippen LogP contribution in [-0.2, 0) is 7.05 Å². The zero-order chi connectivity index (χ0) is 13.1. The molecule has 0 aliphatic carbocycles. The summed E-state index contributed by atoms with van der Waals surface area (Å²) in [6.45, 7) is 0. The lowest BCUT2D eigenvalue weighted by molar-refractivity contribution is 0.0822. The van der Waals surface area contributed by atoms with Crippen LogP contribution in [0, 0.1) is 0 Å². The summed E-state index contributed by atoms with van der Waals surface area (Å²) in [6.07, 6.45) is 5.18. The summed E-state index contributed by atoms with van der Waals surface area (Å²) in [6, 6.07) is 3.52. The van der Waals surface area contributed by atoms with Crippen molar-refractivity contribution in [2.75, 3.05) is 19.4 Å². The van der Waals surface area contributed by atoms with Gasteiger partial charge in [0.1, 0.15) is 5.69 Å². The molecule has 0 aromatic carbocycles. The predicted octanol–water partition coefficient (Wildman–Crippen LogP) is 1.26. The molecule has 0 saturated carbocycles. The average molecular weight is 245 g/mol. The number of hydrogen-bond acceptors (Lipinski definition) is 4. The number of aryl methyl sites for hydroxylation is 1. The summed E-state index contributed by atoms with van der Waals surface area (Å²) in [7, 11) is 5.25. The smallest absolute Gasteiger partial charge is 0.272 e. The van der Waals surface area contributed by atoms with E-state index < -0.39 is 0 Å². The van der Waals surface area contributed by atoms with Gasteiger partial charge in [-0.3, -0.25) is 14.5 Å². The molecule has 0 aliphatic heterocycles. The Kier molecular flexibility index (Phi) is 3.27. The Balaban J connectivity index is 2.19. The van der Waals surface area contributed by atoms with Crippen molar-refractivity contribution < 1.29 is 4.79 Å². The van der Waals surface area contributed by atoms with Crippen LogP contribution in [0.25, 0.3) is 0 Å². The monoisotopic (exact) mass is 245 g/mol. The largest absolute Gasteiger partial charge is 0.353 e. The minimum absolute atomic E-state index is 0.121. The van der Waals surface area contributed by atoms with E-state index in [0.29, 0.717) is 5.69 Å². The summed E-state index contributed by atoms with van der Waals surface area (Å²) in [5, 5.41) is 7.23. The number of hydrogen-bond donors (Lipinski definition) is 1. The van der Waals surface area contributed by atoms with Crippen molar-refractivity contribution in [2.24, 2.45) is 7.05 Å². The molecule has 2 heterocycles.